The number of aliphatic hydroxyl groups excluding tert-OH is 1. The minimum atomic E-state index is -0.639. The van der Waals surface area contributed by atoms with E-state index in [9.17, 15) is 9.90 Å². The highest BCUT2D eigenvalue weighted by molar-refractivity contribution is 6.01. The van der Waals surface area contributed by atoms with Crippen molar-refractivity contribution in [3.63, 3.8) is 0 Å². The van der Waals surface area contributed by atoms with E-state index in [-0.39, 0.29) is 12.1 Å². The van der Waals surface area contributed by atoms with E-state index in [4.69, 9.17) is 0 Å². The molecule has 2 aromatic carbocycles. The van der Waals surface area contributed by atoms with Gasteiger partial charge in [0.1, 0.15) is 5.69 Å². The van der Waals surface area contributed by atoms with Crippen molar-refractivity contribution in [2.45, 2.75) is 19.1 Å². The van der Waals surface area contributed by atoms with Crippen molar-refractivity contribution < 1.29 is 9.90 Å². The van der Waals surface area contributed by atoms with E-state index in [0.717, 1.165) is 16.5 Å². The first-order chi connectivity index (χ1) is 12.1. The van der Waals surface area contributed by atoms with Gasteiger partial charge in [-0.1, -0.05) is 41.6 Å². The highest BCUT2D eigenvalue weighted by Gasteiger charge is 2.33. The topological polar surface area (TPSA) is 83.3 Å². The van der Waals surface area contributed by atoms with Gasteiger partial charge < -0.3 is 15.3 Å². The summed E-state index contributed by atoms with van der Waals surface area (Å²) in [5.74, 6) is 0. The lowest BCUT2D eigenvalue weighted by Crippen LogP contribution is -2.52. The first-order valence-electron chi connectivity index (χ1n) is 8.25. The molecule has 1 atom stereocenters. The molecule has 0 saturated carbocycles. The number of likely N-dealkylation sites (tertiary alicyclic amines) is 1. The number of anilines is 1. The number of fused-ring (bicyclic) bond motifs is 1. The summed E-state index contributed by atoms with van der Waals surface area (Å²) in [6.45, 7) is 2.79. The Bertz CT molecular complexity index is 909. The second-order valence-electron chi connectivity index (χ2n) is 6.32. The van der Waals surface area contributed by atoms with Crippen LogP contribution in [0.5, 0.6) is 0 Å². The summed E-state index contributed by atoms with van der Waals surface area (Å²) >= 11 is 0. The maximum absolute atomic E-state index is 12.5. The Kier molecular flexibility index (Phi) is 3.85. The van der Waals surface area contributed by atoms with Crippen LogP contribution in [0.15, 0.2) is 48.7 Å². The van der Waals surface area contributed by atoms with E-state index in [2.05, 4.69) is 15.6 Å². The standard InChI is InChI=1S/C18H19N5O2/c1-12(24)17-11-23(21-20-17)14-9-22(10-14)18(25)19-16-8-4-6-13-5-2-3-7-15(13)16/h2-8,11-12,14,24H,9-10H2,1H3,(H,19,25). The number of urea groups is 1. The average Bonchev–Trinajstić information content (AvgIpc) is 3.04. The molecule has 1 aliphatic heterocycles. The number of nitrogens with zero attached hydrogens (tertiary/aromatic N) is 4. The quantitative estimate of drug-likeness (QED) is 0.769. The molecular formula is C18H19N5O2. The molecule has 4 rings (SSSR count). The first-order valence-corrected chi connectivity index (χ1v) is 8.25. The van der Waals surface area contributed by atoms with Crippen molar-refractivity contribution in [3.05, 3.63) is 54.4 Å². The monoisotopic (exact) mass is 337 g/mol. The van der Waals surface area contributed by atoms with Gasteiger partial charge in [0.15, 0.2) is 0 Å². The maximum atomic E-state index is 12.5. The first kappa shape index (κ1) is 15.6. The predicted molar refractivity (Wildman–Crippen MR) is 94.2 cm³/mol. The second-order valence-corrected chi connectivity index (χ2v) is 6.32. The van der Waals surface area contributed by atoms with Gasteiger partial charge in [-0.3, -0.25) is 0 Å². The van der Waals surface area contributed by atoms with Crippen LogP contribution in [0, 0.1) is 0 Å². The van der Waals surface area contributed by atoms with E-state index in [1.54, 1.807) is 22.7 Å². The lowest BCUT2D eigenvalue weighted by Gasteiger charge is -2.38. The van der Waals surface area contributed by atoms with Crippen LogP contribution in [0.4, 0.5) is 10.5 Å². The van der Waals surface area contributed by atoms with Gasteiger partial charge >= 0.3 is 6.03 Å². The van der Waals surface area contributed by atoms with Crippen LogP contribution >= 0.6 is 0 Å². The molecule has 1 aromatic heterocycles. The molecule has 7 heteroatoms. The van der Waals surface area contributed by atoms with Crippen molar-refractivity contribution >= 4 is 22.5 Å². The number of amides is 2. The molecule has 7 nitrogen and oxygen atoms in total. The highest BCUT2D eigenvalue weighted by atomic mass is 16.3. The number of hydrogen-bond acceptors (Lipinski definition) is 4. The van der Waals surface area contributed by atoms with Gasteiger partial charge in [-0.2, -0.15) is 0 Å². The van der Waals surface area contributed by atoms with Crippen molar-refractivity contribution in [1.29, 1.82) is 0 Å². The van der Waals surface area contributed by atoms with Gasteiger partial charge in [-0.05, 0) is 18.4 Å². The average molecular weight is 337 g/mol. The van der Waals surface area contributed by atoms with E-state index in [1.807, 2.05) is 42.5 Å². The van der Waals surface area contributed by atoms with Crippen LogP contribution in [0.3, 0.4) is 0 Å². The minimum Gasteiger partial charge on any atom is -0.387 e. The number of benzene rings is 2. The number of carbonyl (C=O) groups excluding carboxylic acids is 1. The van der Waals surface area contributed by atoms with Crippen LogP contribution in [-0.2, 0) is 0 Å². The third kappa shape index (κ3) is 2.94. The van der Waals surface area contributed by atoms with Crippen LogP contribution in [0.25, 0.3) is 10.8 Å². The molecule has 0 spiro atoms. The summed E-state index contributed by atoms with van der Waals surface area (Å²) in [6.07, 6.45) is 1.09. The minimum absolute atomic E-state index is 0.0956. The Labute approximate surface area is 144 Å². The van der Waals surface area contributed by atoms with Gasteiger partial charge in [0.2, 0.25) is 0 Å². The molecule has 1 fully saturated rings. The van der Waals surface area contributed by atoms with Crippen molar-refractivity contribution in [2.24, 2.45) is 0 Å². The molecule has 25 heavy (non-hydrogen) atoms. The Hall–Kier alpha value is -2.93. The Morgan fingerprint density at radius 1 is 1.24 bits per heavy atom. The van der Waals surface area contributed by atoms with Crippen molar-refractivity contribution in [1.82, 2.24) is 19.9 Å². The summed E-state index contributed by atoms with van der Waals surface area (Å²) < 4.78 is 1.71. The van der Waals surface area contributed by atoms with Gasteiger partial charge in [0.25, 0.3) is 0 Å². The van der Waals surface area contributed by atoms with Crippen molar-refractivity contribution in [2.75, 3.05) is 18.4 Å². The van der Waals surface area contributed by atoms with Crippen LogP contribution in [0.2, 0.25) is 0 Å². The fraction of sp³-hybridized carbons (Fsp3) is 0.278. The normalized spacial score (nSPS) is 15.8. The second kappa shape index (κ2) is 6.18. The van der Waals surface area contributed by atoms with E-state index < -0.39 is 6.10 Å². The molecule has 3 aromatic rings. The summed E-state index contributed by atoms with van der Waals surface area (Å²) in [6, 6.07) is 13.8. The summed E-state index contributed by atoms with van der Waals surface area (Å²) in [4.78, 5) is 14.2. The number of aliphatic hydroxyl groups is 1. The summed E-state index contributed by atoms with van der Waals surface area (Å²) in [5, 5.41) is 22.6. The fourth-order valence-corrected chi connectivity index (χ4v) is 2.98. The zero-order valence-corrected chi connectivity index (χ0v) is 13.8. The van der Waals surface area contributed by atoms with E-state index in [1.165, 1.54) is 0 Å². The van der Waals surface area contributed by atoms with Crippen LogP contribution in [0.1, 0.15) is 24.8 Å². The fourth-order valence-electron chi connectivity index (χ4n) is 2.98. The van der Waals surface area contributed by atoms with E-state index >= 15 is 0 Å². The Balaban J connectivity index is 1.41. The maximum Gasteiger partial charge on any atom is 0.322 e. The third-order valence-corrected chi connectivity index (χ3v) is 4.51. The molecule has 0 radical (unpaired) electrons. The summed E-state index contributed by atoms with van der Waals surface area (Å²) in [7, 11) is 0. The lowest BCUT2D eigenvalue weighted by molar-refractivity contribution is 0.127. The Morgan fingerprint density at radius 3 is 2.76 bits per heavy atom. The molecular weight excluding hydrogens is 318 g/mol. The molecule has 2 N–H and O–H groups in total. The predicted octanol–water partition coefficient (Wildman–Crippen LogP) is 2.57. The number of carbonyl (C=O) groups is 1. The van der Waals surface area contributed by atoms with E-state index in [0.29, 0.717) is 18.8 Å². The molecule has 2 amide bonds. The van der Waals surface area contributed by atoms with Gasteiger partial charge in [0, 0.05) is 18.5 Å². The SMILES string of the molecule is CC(O)c1cn(C2CN(C(=O)Nc3cccc4ccccc34)C2)nn1. The number of rotatable bonds is 3. The highest BCUT2D eigenvalue weighted by Crippen LogP contribution is 2.26. The zero-order valence-electron chi connectivity index (χ0n) is 13.8. The van der Waals surface area contributed by atoms with Gasteiger partial charge in [-0.25, -0.2) is 9.48 Å². The summed E-state index contributed by atoms with van der Waals surface area (Å²) in [5.41, 5.74) is 1.35. The molecule has 1 saturated heterocycles. The lowest BCUT2D eigenvalue weighted by atomic mass is 10.1. The van der Waals surface area contributed by atoms with Crippen molar-refractivity contribution in [3.8, 4) is 0 Å². The molecule has 1 aliphatic rings. The van der Waals surface area contributed by atoms with Gasteiger partial charge in [-0.15, -0.1) is 5.10 Å². The third-order valence-electron chi connectivity index (χ3n) is 4.51. The number of aromatic nitrogens is 3. The largest absolute Gasteiger partial charge is 0.387 e. The van der Waals surface area contributed by atoms with Gasteiger partial charge in [0.05, 0.1) is 24.0 Å². The van der Waals surface area contributed by atoms with Crippen LogP contribution in [-0.4, -0.2) is 44.1 Å². The Morgan fingerprint density at radius 2 is 2.00 bits per heavy atom. The molecule has 0 bridgehead atoms. The number of nitrogens with one attached hydrogen (secondary N) is 1. The molecule has 2 heterocycles. The molecule has 0 aliphatic carbocycles. The number of hydrogen-bond donors (Lipinski definition) is 2. The zero-order chi connectivity index (χ0) is 17.4. The smallest absolute Gasteiger partial charge is 0.322 e. The van der Waals surface area contributed by atoms with Crippen LogP contribution < -0.4 is 5.32 Å². The molecule has 128 valence electrons. The molecule has 1 unspecified atom stereocenters.